The summed E-state index contributed by atoms with van der Waals surface area (Å²) in [6.45, 7) is 2.25. The van der Waals surface area contributed by atoms with Crippen molar-refractivity contribution in [1.29, 1.82) is 0 Å². The summed E-state index contributed by atoms with van der Waals surface area (Å²) >= 11 is 1.93. The Morgan fingerprint density at radius 2 is 2.14 bits per heavy atom. The average Bonchev–Trinajstić information content (AvgIpc) is 2.26. The van der Waals surface area contributed by atoms with Crippen LogP contribution in [0.2, 0.25) is 0 Å². The van der Waals surface area contributed by atoms with Gasteiger partial charge in [-0.1, -0.05) is 37.6 Å². The molecular formula is C13H16S. The lowest BCUT2D eigenvalue weighted by Gasteiger charge is -2.16. The predicted octanol–water partition coefficient (Wildman–Crippen LogP) is 4.46. The number of unbranched alkanes of at least 4 members (excludes halogenated alkanes) is 1. The van der Waals surface area contributed by atoms with Crippen molar-refractivity contribution in [2.45, 2.75) is 31.9 Å². The van der Waals surface area contributed by atoms with E-state index in [0.29, 0.717) is 0 Å². The summed E-state index contributed by atoms with van der Waals surface area (Å²) in [6.07, 6.45) is 3.82. The molecule has 0 bridgehead atoms. The zero-order valence-corrected chi connectivity index (χ0v) is 9.44. The molecule has 0 unspecified atom stereocenters. The van der Waals surface area contributed by atoms with Crippen LogP contribution in [-0.2, 0) is 5.75 Å². The van der Waals surface area contributed by atoms with Gasteiger partial charge in [-0.15, -0.1) is 11.8 Å². The SMILES string of the molecule is CCCCC1=CSCc2ccccc21. The van der Waals surface area contributed by atoms with Crippen molar-refractivity contribution in [1.82, 2.24) is 0 Å². The third-order valence-corrected chi connectivity index (χ3v) is 3.56. The molecule has 0 N–H and O–H groups in total. The standard InChI is InChI=1S/C13H16S/c1-2-3-6-11-9-14-10-12-7-4-5-8-13(11)12/h4-5,7-9H,2-3,6,10H2,1H3. The summed E-state index contributed by atoms with van der Waals surface area (Å²) in [7, 11) is 0. The summed E-state index contributed by atoms with van der Waals surface area (Å²) in [4.78, 5) is 0. The van der Waals surface area contributed by atoms with E-state index in [1.54, 1.807) is 5.57 Å². The minimum atomic E-state index is 1.14. The molecule has 1 aliphatic heterocycles. The van der Waals surface area contributed by atoms with Crippen molar-refractivity contribution in [3.05, 3.63) is 40.8 Å². The zero-order chi connectivity index (χ0) is 9.80. The first kappa shape index (κ1) is 9.85. The molecule has 0 aromatic heterocycles. The van der Waals surface area contributed by atoms with E-state index in [4.69, 9.17) is 0 Å². The second kappa shape index (κ2) is 4.70. The lowest BCUT2D eigenvalue weighted by molar-refractivity contribution is 0.824. The maximum Gasteiger partial charge on any atom is 0.0232 e. The van der Waals surface area contributed by atoms with Crippen molar-refractivity contribution in [2.24, 2.45) is 0 Å². The van der Waals surface area contributed by atoms with Crippen molar-refractivity contribution >= 4 is 17.3 Å². The number of hydrogen-bond donors (Lipinski definition) is 0. The molecule has 14 heavy (non-hydrogen) atoms. The fourth-order valence-electron chi connectivity index (χ4n) is 1.82. The van der Waals surface area contributed by atoms with E-state index in [-0.39, 0.29) is 0 Å². The number of benzene rings is 1. The van der Waals surface area contributed by atoms with Gasteiger partial charge >= 0.3 is 0 Å². The Morgan fingerprint density at radius 3 is 3.00 bits per heavy atom. The third-order valence-electron chi connectivity index (χ3n) is 2.63. The first-order valence-electron chi connectivity index (χ1n) is 5.30. The number of thioether (sulfide) groups is 1. The predicted molar refractivity (Wildman–Crippen MR) is 65.2 cm³/mol. The van der Waals surface area contributed by atoms with Gasteiger partial charge in [-0.3, -0.25) is 0 Å². The molecule has 0 nitrogen and oxygen atoms in total. The molecule has 2 rings (SSSR count). The Balaban J connectivity index is 2.22. The second-order valence-electron chi connectivity index (χ2n) is 3.71. The van der Waals surface area contributed by atoms with Gasteiger partial charge < -0.3 is 0 Å². The van der Waals surface area contributed by atoms with Crippen LogP contribution in [0, 0.1) is 0 Å². The first-order chi connectivity index (χ1) is 6.92. The van der Waals surface area contributed by atoms with Gasteiger partial charge in [0.25, 0.3) is 0 Å². The van der Waals surface area contributed by atoms with Crippen LogP contribution in [0.4, 0.5) is 0 Å². The summed E-state index contributed by atoms with van der Waals surface area (Å²) in [5, 5.41) is 2.35. The van der Waals surface area contributed by atoms with Gasteiger partial charge in [-0.25, -0.2) is 0 Å². The highest BCUT2D eigenvalue weighted by Crippen LogP contribution is 2.34. The summed E-state index contributed by atoms with van der Waals surface area (Å²) in [5.41, 5.74) is 4.53. The fourth-order valence-corrected chi connectivity index (χ4v) is 2.78. The Kier molecular flexibility index (Phi) is 3.30. The van der Waals surface area contributed by atoms with Crippen molar-refractivity contribution in [2.75, 3.05) is 0 Å². The topological polar surface area (TPSA) is 0 Å². The normalized spacial score (nSPS) is 14.8. The van der Waals surface area contributed by atoms with E-state index < -0.39 is 0 Å². The maximum atomic E-state index is 2.35. The summed E-state index contributed by atoms with van der Waals surface area (Å²) < 4.78 is 0. The highest BCUT2D eigenvalue weighted by atomic mass is 32.2. The van der Waals surface area contributed by atoms with Gasteiger partial charge in [-0.2, -0.15) is 0 Å². The van der Waals surface area contributed by atoms with Crippen LogP contribution >= 0.6 is 11.8 Å². The van der Waals surface area contributed by atoms with E-state index in [0.717, 1.165) is 5.75 Å². The molecule has 0 saturated heterocycles. The van der Waals surface area contributed by atoms with E-state index in [1.807, 2.05) is 11.8 Å². The fraction of sp³-hybridized carbons (Fsp3) is 0.385. The average molecular weight is 204 g/mol. The summed E-state index contributed by atoms with van der Waals surface area (Å²) in [6, 6.07) is 8.80. The lowest BCUT2D eigenvalue weighted by atomic mass is 9.97. The number of rotatable bonds is 3. The molecule has 74 valence electrons. The van der Waals surface area contributed by atoms with Gasteiger partial charge in [0.2, 0.25) is 0 Å². The second-order valence-corrected chi connectivity index (χ2v) is 4.57. The molecule has 0 aliphatic carbocycles. The minimum Gasteiger partial charge on any atom is -0.129 e. The Morgan fingerprint density at radius 1 is 1.29 bits per heavy atom. The molecule has 0 spiro atoms. The maximum absolute atomic E-state index is 2.35. The van der Waals surface area contributed by atoms with E-state index in [1.165, 1.54) is 30.4 Å². The molecule has 0 amide bonds. The van der Waals surface area contributed by atoms with Crippen LogP contribution in [0.25, 0.3) is 5.57 Å². The van der Waals surface area contributed by atoms with Crippen LogP contribution in [0.5, 0.6) is 0 Å². The van der Waals surface area contributed by atoms with Crippen LogP contribution in [-0.4, -0.2) is 0 Å². The number of hydrogen-bond acceptors (Lipinski definition) is 1. The lowest BCUT2D eigenvalue weighted by Crippen LogP contribution is -1.95. The first-order valence-corrected chi connectivity index (χ1v) is 6.35. The smallest absolute Gasteiger partial charge is 0.0232 e. The molecule has 1 heterocycles. The highest BCUT2D eigenvalue weighted by Gasteiger charge is 2.10. The minimum absolute atomic E-state index is 1.14. The summed E-state index contributed by atoms with van der Waals surface area (Å²) in [5.74, 6) is 1.14. The Labute approximate surface area is 90.4 Å². The third kappa shape index (κ3) is 2.03. The zero-order valence-electron chi connectivity index (χ0n) is 8.62. The molecule has 1 aliphatic rings. The molecule has 0 fully saturated rings. The number of fused-ring (bicyclic) bond motifs is 1. The van der Waals surface area contributed by atoms with Crippen molar-refractivity contribution < 1.29 is 0 Å². The molecule has 0 atom stereocenters. The van der Waals surface area contributed by atoms with Gasteiger partial charge in [0.15, 0.2) is 0 Å². The van der Waals surface area contributed by atoms with Gasteiger partial charge in [-0.05, 0) is 34.9 Å². The van der Waals surface area contributed by atoms with Crippen molar-refractivity contribution in [3.8, 4) is 0 Å². The van der Waals surface area contributed by atoms with Crippen LogP contribution in [0.1, 0.15) is 37.3 Å². The Hall–Kier alpha value is -0.690. The molecule has 0 radical (unpaired) electrons. The van der Waals surface area contributed by atoms with Crippen LogP contribution in [0.3, 0.4) is 0 Å². The van der Waals surface area contributed by atoms with Crippen molar-refractivity contribution in [3.63, 3.8) is 0 Å². The molecule has 0 saturated carbocycles. The number of allylic oxidation sites excluding steroid dienone is 1. The monoisotopic (exact) mass is 204 g/mol. The van der Waals surface area contributed by atoms with Crippen LogP contribution < -0.4 is 0 Å². The Bertz CT molecular complexity index is 339. The molecule has 1 heteroatoms. The largest absolute Gasteiger partial charge is 0.129 e. The molecular weight excluding hydrogens is 188 g/mol. The van der Waals surface area contributed by atoms with E-state index in [9.17, 15) is 0 Å². The van der Waals surface area contributed by atoms with Crippen LogP contribution in [0.15, 0.2) is 29.7 Å². The highest BCUT2D eigenvalue weighted by molar-refractivity contribution is 8.01. The van der Waals surface area contributed by atoms with Gasteiger partial charge in [0, 0.05) is 5.75 Å². The quantitative estimate of drug-likeness (QED) is 0.700. The van der Waals surface area contributed by atoms with Gasteiger partial charge in [0.1, 0.15) is 0 Å². The van der Waals surface area contributed by atoms with E-state index >= 15 is 0 Å². The molecule has 1 aromatic rings. The van der Waals surface area contributed by atoms with Gasteiger partial charge in [0.05, 0.1) is 0 Å². The van der Waals surface area contributed by atoms with E-state index in [2.05, 4.69) is 36.6 Å². The molecule has 1 aromatic carbocycles.